The Labute approximate surface area is 142 Å². The SMILES string of the molecule is CCOC(=O)c1c(C)n(C2CCCCC2)c2ccc(O)c(CN)c12. The Morgan fingerprint density at radius 3 is 2.67 bits per heavy atom. The van der Waals surface area contributed by atoms with Crippen LogP contribution in [0.1, 0.15) is 66.7 Å². The Hall–Kier alpha value is -2.01. The van der Waals surface area contributed by atoms with Crippen LogP contribution in [0.15, 0.2) is 12.1 Å². The molecule has 2 aromatic rings. The summed E-state index contributed by atoms with van der Waals surface area (Å²) in [5, 5.41) is 11.0. The van der Waals surface area contributed by atoms with E-state index in [1.165, 1.54) is 19.3 Å². The van der Waals surface area contributed by atoms with Crippen LogP contribution in [0.4, 0.5) is 0 Å². The Morgan fingerprint density at radius 2 is 2.04 bits per heavy atom. The van der Waals surface area contributed by atoms with E-state index in [4.69, 9.17) is 10.5 Å². The molecule has 24 heavy (non-hydrogen) atoms. The third-order valence-corrected chi connectivity index (χ3v) is 5.12. The number of hydrogen-bond acceptors (Lipinski definition) is 4. The summed E-state index contributed by atoms with van der Waals surface area (Å²) in [7, 11) is 0. The van der Waals surface area contributed by atoms with Crippen molar-refractivity contribution in [2.75, 3.05) is 6.61 Å². The fourth-order valence-electron chi connectivity index (χ4n) is 4.06. The molecule has 5 heteroatoms. The molecular formula is C19H26N2O3. The zero-order chi connectivity index (χ0) is 17.3. The molecule has 0 spiro atoms. The van der Waals surface area contributed by atoms with Crippen molar-refractivity contribution >= 4 is 16.9 Å². The molecule has 5 nitrogen and oxygen atoms in total. The summed E-state index contributed by atoms with van der Waals surface area (Å²) < 4.78 is 7.55. The second-order valence-electron chi connectivity index (χ2n) is 6.50. The average molecular weight is 330 g/mol. The summed E-state index contributed by atoms with van der Waals surface area (Å²) in [6.07, 6.45) is 5.92. The minimum Gasteiger partial charge on any atom is -0.508 e. The Bertz CT molecular complexity index is 758. The number of fused-ring (bicyclic) bond motifs is 1. The first-order valence-corrected chi connectivity index (χ1v) is 8.82. The highest BCUT2D eigenvalue weighted by Crippen LogP contribution is 2.39. The number of hydrogen-bond donors (Lipinski definition) is 2. The lowest BCUT2D eigenvalue weighted by Crippen LogP contribution is -2.15. The molecule has 0 bridgehead atoms. The van der Waals surface area contributed by atoms with Crippen LogP contribution in [0, 0.1) is 6.92 Å². The number of aromatic nitrogens is 1. The highest BCUT2D eigenvalue weighted by atomic mass is 16.5. The third-order valence-electron chi connectivity index (χ3n) is 5.12. The first kappa shape index (κ1) is 16.8. The van der Waals surface area contributed by atoms with Crippen LogP contribution in [0.3, 0.4) is 0 Å². The number of rotatable bonds is 4. The predicted molar refractivity (Wildman–Crippen MR) is 94.3 cm³/mol. The van der Waals surface area contributed by atoms with E-state index in [1.807, 2.05) is 13.0 Å². The molecule has 0 amide bonds. The van der Waals surface area contributed by atoms with Gasteiger partial charge in [0.2, 0.25) is 0 Å². The summed E-state index contributed by atoms with van der Waals surface area (Å²) in [5.41, 5.74) is 8.93. The van der Waals surface area contributed by atoms with Gasteiger partial charge in [0.05, 0.1) is 12.2 Å². The molecule has 1 saturated carbocycles. The van der Waals surface area contributed by atoms with Crippen LogP contribution in [0.25, 0.3) is 10.9 Å². The summed E-state index contributed by atoms with van der Waals surface area (Å²) in [6.45, 7) is 4.28. The van der Waals surface area contributed by atoms with Crippen LogP contribution in [0.2, 0.25) is 0 Å². The summed E-state index contributed by atoms with van der Waals surface area (Å²) in [6, 6.07) is 3.96. The van der Waals surface area contributed by atoms with E-state index in [-0.39, 0.29) is 18.3 Å². The van der Waals surface area contributed by atoms with Gasteiger partial charge in [-0.05, 0) is 38.8 Å². The molecule has 1 fully saturated rings. The third kappa shape index (κ3) is 2.67. The monoisotopic (exact) mass is 330 g/mol. The van der Waals surface area contributed by atoms with Gasteiger partial charge in [-0.3, -0.25) is 0 Å². The van der Waals surface area contributed by atoms with Gasteiger partial charge in [-0.2, -0.15) is 0 Å². The van der Waals surface area contributed by atoms with Crippen LogP contribution in [0.5, 0.6) is 5.75 Å². The number of phenols is 1. The minimum absolute atomic E-state index is 0.136. The summed E-state index contributed by atoms with van der Waals surface area (Å²) >= 11 is 0. The van der Waals surface area contributed by atoms with E-state index in [0.717, 1.165) is 29.4 Å². The van der Waals surface area contributed by atoms with Gasteiger partial charge in [0.1, 0.15) is 5.75 Å². The second-order valence-corrected chi connectivity index (χ2v) is 6.50. The van der Waals surface area contributed by atoms with Gasteiger partial charge in [-0.25, -0.2) is 4.79 Å². The molecule has 1 aliphatic rings. The molecule has 3 N–H and O–H groups in total. The molecule has 1 heterocycles. The number of nitrogens with zero attached hydrogens (tertiary/aromatic N) is 1. The van der Waals surface area contributed by atoms with Crippen molar-refractivity contribution in [2.24, 2.45) is 5.73 Å². The Kier molecular flexibility index (Phi) is 4.81. The van der Waals surface area contributed by atoms with Crippen molar-refractivity contribution in [1.29, 1.82) is 0 Å². The lowest BCUT2D eigenvalue weighted by atomic mass is 9.95. The lowest BCUT2D eigenvalue weighted by Gasteiger charge is -2.26. The normalized spacial score (nSPS) is 15.8. The molecule has 1 aliphatic carbocycles. The highest BCUT2D eigenvalue weighted by Gasteiger charge is 2.28. The van der Waals surface area contributed by atoms with Gasteiger partial charge in [0, 0.05) is 34.7 Å². The Morgan fingerprint density at radius 1 is 1.33 bits per heavy atom. The molecule has 3 rings (SSSR count). The van der Waals surface area contributed by atoms with E-state index in [2.05, 4.69) is 4.57 Å². The number of esters is 1. The van der Waals surface area contributed by atoms with Gasteiger partial charge in [0.25, 0.3) is 0 Å². The van der Waals surface area contributed by atoms with E-state index in [1.54, 1.807) is 13.0 Å². The maximum Gasteiger partial charge on any atom is 0.340 e. The fourth-order valence-corrected chi connectivity index (χ4v) is 4.06. The van der Waals surface area contributed by atoms with Crippen molar-refractivity contribution in [3.8, 4) is 5.75 Å². The average Bonchev–Trinajstić information content (AvgIpc) is 2.88. The number of nitrogens with two attached hydrogens (primary N) is 1. The maximum atomic E-state index is 12.6. The largest absolute Gasteiger partial charge is 0.508 e. The van der Waals surface area contributed by atoms with Crippen molar-refractivity contribution in [1.82, 2.24) is 4.57 Å². The summed E-state index contributed by atoms with van der Waals surface area (Å²) in [4.78, 5) is 12.6. The van der Waals surface area contributed by atoms with E-state index < -0.39 is 0 Å². The van der Waals surface area contributed by atoms with Crippen molar-refractivity contribution < 1.29 is 14.6 Å². The molecule has 0 unspecified atom stereocenters. The van der Waals surface area contributed by atoms with Crippen LogP contribution >= 0.6 is 0 Å². The van der Waals surface area contributed by atoms with Gasteiger partial charge < -0.3 is 20.1 Å². The van der Waals surface area contributed by atoms with Gasteiger partial charge in [-0.1, -0.05) is 19.3 Å². The van der Waals surface area contributed by atoms with Gasteiger partial charge >= 0.3 is 5.97 Å². The van der Waals surface area contributed by atoms with Crippen LogP contribution in [-0.4, -0.2) is 22.2 Å². The predicted octanol–water partition coefficient (Wildman–Crippen LogP) is 3.80. The topological polar surface area (TPSA) is 77.5 Å². The molecular weight excluding hydrogens is 304 g/mol. The minimum atomic E-state index is -0.338. The number of aromatic hydroxyl groups is 1. The number of carbonyl (C=O) groups is 1. The molecule has 0 atom stereocenters. The van der Waals surface area contributed by atoms with Crippen molar-refractivity contribution in [3.05, 3.63) is 29.0 Å². The van der Waals surface area contributed by atoms with Crippen molar-refractivity contribution in [3.63, 3.8) is 0 Å². The van der Waals surface area contributed by atoms with E-state index in [9.17, 15) is 9.90 Å². The molecule has 1 aromatic carbocycles. The summed E-state index contributed by atoms with van der Waals surface area (Å²) in [5.74, 6) is -0.203. The van der Waals surface area contributed by atoms with Crippen LogP contribution < -0.4 is 5.73 Å². The van der Waals surface area contributed by atoms with Crippen molar-refractivity contribution in [2.45, 2.75) is 58.5 Å². The zero-order valence-corrected chi connectivity index (χ0v) is 14.5. The number of phenolic OH excluding ortho intramolecular Hbond substituents is 1. The molecule has 0 saturated heterocycles. The Balaban J connectivity index is 2.29. The lowest BCUT2D eigenvalue weighted by molar-refractivity contribution is 0.0527. The van der Waals surface area contributed by atoms with Gasteiger partial charge in [-0.15, -0.1) is 0 Å². The van der Waals surface area contributed by atoms with Gasteiger partial charge in [0.15, 0.2) is 0 Å². The standard InChI is InChI=1S/C19H26N2O3/c1-3-24-19(23)17-12(2)21(13-7-5-4-6-8-13)15-9-10-16(22)14(11-20)18(15)17/h9-10,13,22H,3-8,11,20H2,1-2H3. The smallest absolute Gasteiger partial charge is 0.340 e. The fraction of sp³-hybridized carbons (Fsp3) is 0.526. The second kappa shape index (κ2) is 6.85. The number of benzene rings is 1. The van der Waals surface area contributed by atoms with Crippen LogP contribution in [-0.2, 0) is 11.3 Å². The molecule has 1 aromatic heterocycles. The maximum absolute atomic E-state index is 12.6. The number of carbonyl (C=O) groups excluding carboxylic acids is 1. The molecule has 130 valence electrons. The first-order valence-electron chi connectivity index (χ1n) is 8.82. The van der Waals surface area contributed by atoms with E-state index in [0.29, 0.717) is 23.8 Å². The molecule has 0 aliphatic heterocycles. The first-order chi connectivity index (χ1) is 11.6. The zero-order valence-electron chi connectivity index (χ0n) is 14.5. The van der Waals surface area contributed by atoms with E-state index >= 15 is 0 Å². The quantitative estimate of drug-likeness (QED) is 0.836. The number of ether oxygens (including phenoxy) is 1. The highest BCUT2D eigenvalue weighted by molar-refractivity contribution is 6.08. The molecule has 0 radical (unpaired) electrons.